The number of benzene rings is 2. The summed E-state index contributed by atoms with van der Waals surface area (Å²) >= 11 is 0. The fourth-order valence-corrected chi connectivity index (χ4v) is 2.89. The smallest absolute Gasteiger partial charge is 0.274 e. The Balaban J connectivity index is 1.67. The predicted molar refractivity (Wildman–Crippen MR) is 109 cm³/mol. The molecule has 0 aliphatic rings. The van der Waals surface area contributed by atoms with Gasteiger partial charge in [-0.3, -0.25) is 4.79 Å². The molecule has 0 saturated carbocycles. The first-order valence-corrected chi connectivity index (χ1v) is 9.03. The van der Waals surface area contributed by atoms with Crippen LogP contribution in [0.4, 0.5) is 11.5 Å². The quantitative estimate of drug-likeness (QED) is 0.687. The lowest BCUT2D eigenvalue weighted by molar-refractivity contribution is 0.102. The van der Waals surface area contributed by atoms with Crippen molar-refractivity contribution in [2.45, 2.75) is 27.2 Å². The van der Waals surface area contributed by atoms with E-state index in [0.29, 0.717) is 17.3 Å². The molecule has 0 bridgehead atoms. The lowest BCUT2D eigenvalue weighted by Crippen LogP contribution is -2.17. The summed E-state index contributed by atoms with van der Waals surface area (Å²) in [5, 5.41) is 6.21. The Morgan fingerprint density at radius 3 is 2.48 bits per heavy atom. The Labute approximate surface area is 159 Å². The second-order valence-electron chi connectivity index (χ2n) is 6.62. The molecule has 0 saturated heterocycles. The maximum atomic E-state index is 12.6. The molecule has 2 N–H and O–H groups in total. The molecule has 5 heteroatoms. The van der Waals surface area contributed by atoms with Gasteiger partial charge in [-0.2, -0.15) is 0 Å². The van der Waals surface area contributed by atoms with E-state index in [2.05, 4.69) is 32.7 Å². The molecule has 0 radical (unpaired) electrons. The second kappa shape index (κ2) is 8.45. The standard InChI is InChI=1S/C22H24N4O/c1-15-9-10-19(16(2)13-15)26-22(27)20-14-21(25-17(3)24-20)23-12-11-18-7-5-4-6-8-18/h4-10,13-14H,11-12H2,1-3H3,(H,26,27)(H,23,24,25). The molecule has 138 valence electrons. The predicted octanol–water partition coefficient (Wildman–Crippen LogP) is 4.31. The van der Waals surface area contributed by atoms with Gasteiger partial charge in [0.1, 0.15) is 17.3 Å². The molecule has 27 heavy (non-hydrogen) atoms. The third-order valence-electron chi connectivity index (χ3n) is 4.26. The third-order valence-corrected chi connectivity index (χ3v) is 4.26. The van der Waals surface area contributed by atoms with Crippen molar-refractivity contribution in [3.05, 3.63) is 82.8 Å². The minimum atomic E-state index is -0.237. The van der Waals surface area contributed by atoms with Gasteiger partial charge in [0.25, 0.3) is 5.91 Å². The molecule has 3 aromatic rings. The van der Waals surface area contributed by atoms with Crippen LogP contribution in [0.1, 0.15) is 33.0 Å². The number of rotatable bonds is 6. The minimum absolute atomic E-state index is 0.237. The van der Waals surface area contributed by atoms with E-state index in [1.165, 1.54) is 5.56 Å². The molecule has 2 aromatic carbocycles. The zero-order chi connectivity index (χ0) is 19.2. The summed E-state index contributed by atoms with van der Waals surface area (Å²) in [5.74, 6) is 0.980. The molecule has 0 aliphatic heterocycles. The van der Waals surface area contributed by atoms with E-state index >= 15 is 0 Å². The van der Waals surface area contributed by atoms with Crippen LogP contribution in [0, 0.1) is 20.8 Å². The average Bonchev–Trinajstić information content (AvgIpc) is 2.64. The first kappa shape index (κ1) is 18.6. The molecule has 3 rings (SSSR count). The molecule has 5 nitrogen and oxygen atoms in total. The van der Waals surface area contributed by atoms with Crippen molar-refractivity contribution < 1.29 is 4.79 Å². The van der Waals surface area contributed by atoms with Crippen molar-refractivity contribution in [2.75, 3.05) is 17.2 Å². The van der Waals surface area contributed by atoms with Crippen molar-refractivity contribution in [3.8, 4) is 0 Å². The number of anilines is 2. The number of aryl methyl sites for hydroxylation is 3. The molecule has 0 unspecified atom stereocenters. The maximum absolute atomic E-state index is 12.6. The zero-order valence-electron chi connectivity index (χ0n) is 15.9. The topological polar surface area (TPSA) is 66.9 Å². The van der Waals surface area contributed by atoms with Crippen LogP contribution in [0.25, 0.3) is 0 Å². The Hall–Kier alpha value is -3.21. The van der Waals surface area contributed by atoms with Crippen molar-refractivity contribution in [1.29, 1.82) is 0 Å². The largest absolute Gasteiger partial charge is 0.370 e. The van der Waals surface area contributed by atoms with Gasteiger partial charge in [0.2, 0.25) is 0 Å². The average molecular weight is 360 g/mol. The molecule has 1 heterocycles. The van der Waals surface area contributed by atoms with E-state index in [4.69, 9.17) is 0 Å². The Morgan fingerprint density at radius 2 is 1.74 bits per heavy atom. The van der Waals surface area contributed by atoms with Gasteiger partial charge in [-0.15, -0.1) is 0 Å². The highest BCUT2D eigenvalue weighted by Crippen LogP contribution is 2.17. The van der Waals surface area contributed by atoms with Crippen molar-refractivity contribution >= 4 is 17.4 Å². The SMILES string of the molecule is Cc1ccc(NC(=O)c2cc(NCCc3ccccc3)nc(C)n2)c(C)c1. The van der Waals surface area contributed by atoms with Gasteiger partial charge in [-0.1, -0.05) is 48.0 Å². The van der Waals surface area contributed by atoms with Gasteiger partial charge >= 0.3 is 0 Å². The van der Waals surface area contributed by atoms with Crippen molar-refractivity contribution in [1.82, 2.24) is 9.97 Å². The number of amides is 1. The Kier molecular flexibility index (Phi) is 5.81. The summed E-state index contributed by atoms with van der Waals surface area (Å²) in [5.41, 5.74) is 4.58. The third kappa shape index (κ3) is 5.14. The van der Waals surface area contributed by atoms with Crippen LogP contribution < -0.4 is 10.6 Å². The summed E-state index contributed by atoms with van der Waals surface area (Å²) in [6, 6.07) is 17.9. The number of aromatic nitrogens is 2. The van der Waals surface area contributed by atoms with E-state index in [-0.39, 0.29) is 5.91 Å². The van der Waals surface area contributed by atoms with Crippen LogP contribution >= 0.6 is 0 Å². The molecule has 0 aliphatic carbocycles. The van der Waals surface area contributed by atoms with Gasteiger partial charge in [0.05, 0.1) is 0 Å². The highest BCUT2D eigenvalue weighted by molar-refractivity contribution is 6.03. The van der Waals surface area contributed by atoms with Crippen molar-refractivity contribution in [3.63, 3.8) is 0 Å². The fourth-order valence-electron chi connectivity index (χ4n) is 2.89. The van der Waals surface area contributed by atoms with Gasteiger partial charge < -0.3 is 10.6 Å². The number of nitrogens with zero attached hydrogens (tertiary/aromatic N) is 2. The van der Waals surface area contributed by atoms with Crippen LogP contribution in [0.2, 0.25) is 0 Å². The highest BCUT2D eigenvalue weighted by atomic mass is 16.1. The van der Waals surface area contributed by atoms with Crippen LogP contribution in [0.3, 0.4) is 0 Å². The van der Waals surface area contributed by atoms with Crippen LogP contribution in [-0.4, -0.2) is 22.4 Å². The summed E-state index contributed by atoms with van der Waals surface area (Å²) in [6.07, 6.45) is 0.883. The Morgan fingerprint density at radius 1 is 0.963 bits per heavy atom. The molecular weight excluding hydrogens is 336 g/mol. The lowest BCUT2D eigenvalue weighted by Gasteiger charge is -2.11. The molecular formula is C22H24N4O. The summed E-state index contributed by atoms with van der Waals surface area (Å²) in [6.45, 7) is 6.53. The Bertz CT molecular complexity index is 938. The monoisotopic (exact) mass is 360 g/mol. The van der Waals surface area contributed by atoms with Crippen LogP contribution in [0.5, 0.6) is 0 Å². The van der Waals surface area contributed by atoms with E-state index in [0.717, 1.165) is 29.8 Å². The number of carbonyl (C=O) groups is 1. The van der Waals surface area contributed by atoms with Gasteiger partial charge in [0, 0.05) is 18.3 Å². The van der Waals surface area contributed by atoms with Crippen molar-refractivity contribution in [2.24, 2.45) is 0 Å². The van der Waals surface area contributed by atoms with E-state index < -0.39 is 0 Å². The molecule has 0 spiro atoms. The van der Waals surface area contributed by atoms with Gasteiger partial charge in [-0.05, 0) is 44.4 Å². The van der Waals surface area contributed by atoms with Crippen LogP contribution in [-0.2, 0) is 6.42 Å². The first-order valence-electron chi connectivity index (χ1n) is 9.03. The molecule has 1 aromatic heterocycles. The highest BCUT2D eigenvalue weighted by Gasteiger charge is 2.12. The number of hydrogen-bond donors (Lipinski definition) is 2. The fraction of sp³-hybridized carbons (Fsp3) is 0.227. The summed E-state index contributed by atoms with van der Waals surface area (Å²) in [7, 11) is 0. The summed E-state index contributed by atoms with van der Waals surface area (Å²) < 4.78 is 0. The lowest BCUT2D eigenvalue weighted by atomic mass is 10.1. The van der Waals surface area contributed by atoms with E-state index in [1.54, 1.807) is 13.0 Å². The van der Waals surface area contributed by atoms with Gasteiger partial charge in [-0.25, -0.2) is 9.97 Å². The molecule has 0 fully saturated rings. The molecule has 0 atom stereocenters. The van der Waals surface area contributed by atoms with E-state index in [1.807, 2.05) is 50.2 Å². The normalized spacial score (nSPS) is 10.5. The molecule has 1 amide bonds. The number of hydrogen-bond acceptors (Lipinski definition) is 4. The first-order chi connectivity index (χ1) is 13.0. The number of nitrogens with one attached hydrogen (secondary N) is 2. The zero-order valence-corrected chi connectivity index (χ0v) is 15.9. The van der Waals surface area contributed by atoms with E-state index in [9.17, 15) is 4.79 Å². The van der Waals surface area contributed by atoms with Gasteiger partial charge in [0.15, 0.2) is 0 Å². The minimum Gasteiger partial charge on any atom is -0.370 e. The maximum Gasteiger partial charge on any atom is 0.274 e. The number of carbonyl (C=O) groups excluding carboxylic acids is 1. The second-order valence-corrected chi connectivity index (χ2v) is 6.62. The summed E-state index contributed by atoms with van der Waals surface area (Å²) in [4.78, 5) is 21.3. The van der Waals surface area contributed by atoms with Crippen LogP contribution in [0.15, 0.2) is 54.6 Å².